The molecular formula is C12H21NO6. The predicted octanol–water partition coefficient (Wildman–Crippen LogP) is 0.458. The van der Waals surface area contributed by atoms with E-state index in [2.05, 4.69) is 0 Å². The van der Waals surface area contributed by atoms with Crippen LogP contribution in [0, 0.1) is 0 Å². The van der Waals surface area contributed by atoms with E-state index in [4.69, 9.17) is 14.6 Å². The second kappa shape index (κ2) is 5.34. The Morgan fingerprint density at radius 1 is 1.42 bits per heavy atom. The second-order valence-electron chi connectivity index (χ2n) is 5.82. The number of likely N-dealkylation sites (tertiary alicyclic amines) is 1. The highest BCUT2D eigenvalue weighted by molar-refractivity contribution is 5.81. The molecule has 0 aromatic heterocycles. The molecule has 0 bridgehead atoms. The van der Waals surface area contributed by atoms with E-state index in [1.807, 2.05) is 0 Å². The summed E-state index contributed by atoms with van der Waals surface area (Å²) in [5, 5.41) is 19.3. The van der Waals surface area contributed by atoms with Crippen LogP contribution in [0.15, 0.2) is 0 Å². The molecule has 0 radical (unpaired) electrons. The quantitative estimate of drug-likeness (QED) is 0.776. The van der Waals surface area contributed by atoms with Crippen LogP contribution in [0.4, 0.5) is 4.79 Å². The van der Waals surface area contributed by atoms with Crippen molar-refractivity contribution >= 4 is 12.1 Å². The van der Waals surface area contributed by atoms with Gasteiger partial charge in [-0.15, -0.1) is 0 Å². The van der Waals surface area contributed by atoms with Crippen molar-refractivity contribution in [1.82, 2.24) is 4.90 Å². The maximum absolute atomic E-state index is 12.0. The van der Waals surface area contributed by atoms with E-state index >= 15 is 0 Å². The van der Waals surface area contributed by atoms with Gasteiger partial charge in [-0.3, -0.25) is 4.90 Å². The summed E-state index contributed by atoms with van der Waals surface area (Å²) in [6.45, 7) is 4.93. The summed E-state index contributed by atoms with van der Waals surface area (Å²) in [6.07, 6.45) is -0.818. The summed E-state index contributed by atoms with van der Waals surface area (Å²) < 4.78 is 10.0. The highest BCUT2D eigenvalue weighted by Gasteiger charge is 2.49. The van der Waals surface area contributed by atoms with Crippen molar-refractivity contribution in [1.29, 1.82) is 0 Å². The molecule has 2 atom stereocenters. The summed E-state index contributed by atoms with van der Waals surface area (Å²) in [6, 6.07) is -1.10. The third-order valence-corrected chi connectivity index (χ3v) is 2.74. The Morgan fingerprint density at radius 3 is 2.42 bits per heavy atom. The fourth-order valence-corrected chi connectivity index (χ4v) is 2.07. The van der Waals surface area contributed by atoms with Crippen LogP contribution in [0.25, 0.3) is 0 Å². The molecule has 1 rings (SSSR count). The van der Waals surface area contributed by atoms with Crippen molar-refractivity contribution in [3.05, 3.63) is 0 Å². The largest absolute Gasteiger partial charge is 0.480 e. The number of carboxylic acid groups (broad SMARTS) is 1. The van der Waals surface area contributed by atoms with Crippen LogP contribution in [0.1, 0.15) is 27.2 Å². The number of carboxylic acids is 1. The molecule has 7 nitrogen and oxygen atoms in total. The first-order valence-electron chi connectivity index (χ1n) is 6.02. The molecule has 0 aliphatic carbocycles. The topological polar surface area (TPSA) is 96.3 Å². The van der Waals surface area contributed by atoms with Crippen molar-refractivity contribution in [2.75, 3.05) is 20.3 Å². The molecule has 1 saturated heterocycles. The van der Waals surface area contributed by atoms with Gasteiger partial charge in [-0.1, -0.05) is 0 Å². The first-order valence-corrected chi connectivity index (χ1v) is 6.02. The Balaban J connectivity index is 2.85. The van der Waals surface area contributed by atoms with Gasteiger partial charge in [0, 0.05) is 13.5 Å². The van der Waals surface area contributed by atoms with Crippen molar-refractivity contribution in [2.45, 2.75) is 44.4 Å². The summed E-state index contributed by atoms with van der Waals surface area (Å²) in [7, 11) is 1.41. The molecule has 1 aliphatic rings. The summed E-state index contributed by atoms with van der Waals surface area (Å²) in [4.78, 5) is 24.2. The van der Waals surface area contributed by atoms with Crippen LogP contribution in [0.2, 0.25) is 0 Å². The zero-order chi connectivity index (χ0) is 14.8. The maximum Gasteiger partial charge on any atom is 0.411 e. The molecule has 0 spiro atoms. The van der Waals surface area contributed by atoms with Gasteiger partial charge < -0.3 is 19.7 Å². The molecular weight excluding hydrogens is 254 g/mol. The summed E-state index contributed by atoms with van der Waals surface area (Å²) in [5.41, 5.74) is -2.07. The number of methoxy groups -OCH3 is 1. The molecule has 7 heteroatoms. The van der Waals surface area contributed by atoms with Gasteiger partial charge >= 0.3 is 12.1 Å². The van der Waals surface area contributed by atoms with E-state index in [0.29, 0.717) is 0 Å². The van der Waals surface area contributed by atoms with Gasteiger partial charge in [0.05, 0.1) is 13.2 Å². The highest BCUT2D eigenvalue weighted by atomic mass is 16.6. The first-order chi connectivity index (χ1) is 8.58. The number of ether oxygens (including phenoxy) is 2. The van der Waals surface area contributed by atoms with Gasteiger partial charge in [0.15, 0.2) is 0 Å². The number of nitrogens with zero attached hydrogens (tertiary/aromatic N) is 1. The number of aliphatic carboxylic acids is 1. The van der Waals surface area contributed by atoms with Crippen molar-refractivity contribution < 1.29 is 29.3 Å². The minimum atomic E-state index is -1.35. The first kappa shape index (κ1) is 15.7. The van der Waals surface area contributed by atoms with Crippen LogP contribution in [0.3, 0.4) is 0 Å². The van der Waals surface area contributed by atoms with Crippen LogP contribution >= 0.6 is 0 Å². The fourth-order valence-electron chi connectivity index (χ4n) is 2.07. The van der Waals surface area contributed by atoms with Crippen molar-refractivity contribution in [2.24, 2.45) is 0 Å². The van der Waals surface area contributed by atoms with Crippen LogP contribution in [-0.2, 0) is 14.3 Å². The molecule has 0 aromatic rings. The SMILES string of the molecule is COC[C@@]1(O)C[C@@H](C(=O)O)N(C(=O)OC(C)(C)C)C1. The zero-order valence-electron chi connectivity index (χ0n) is 11.7. The average molecular weight is 275 g/mol. The van der Waals surface area contributed by atoms with Gasteiger partial charge in [-0.25, -0.2) is 9.59 Å². The summed E-state index contributed by atoms with van der Waals surface area (Å²) >= 11 is 0. The van der Waals surface area contributed by atoms with Gasteiger partial charge in [0.25, 0.3) is 0 Å². The lowest BCUT2D eigenvalue weighted by molar-refractivity contribution is -0.142. The molecule has 19 heavy (non-hydrogen) atoms. The Morgan fingerprint density at radius 2 is 2.00 bits per heavy atom. The minimum absolute atomic E-state index is 0.0317. The third-order valence-electron chi connectivity index (χ3n) is 2.74. The number of carbonyl (C=O) groups excluding carboxylic acids is 1. The highest BCUT2D eigenvalue weighted by Crippen LogP contribution is 2.29. The maximum atomic E-state index is 12.0. The lowest BCUT2D eigenvalue weighted by Crippen LogP contribution is -2.44. The number of hydrogen-bond donors (Lipinski definition) is 2. The van der Waals surface area contributed by atoms with E-state index in [9.17, 15) is 14.7 Å². The van der Waals surface area contributed by atoms with Crippen LogP contribution in [0.5, 0.6) is 0 Å². The molecule has 1 fully saturated rings. The lowest BCUT2D eigenvalue weighted by Gasteiger charge is -2.27. The standard InChI is InChI=1S/C12H21NO6/c1-11(2,3)19-10(16)13-6-12(17,7-18-4)5-8(13)9(14)15/h8,17H,5-7H2,1-4H3,(H,14,15)/t8-,12+/m0/s1. The molecule has 110 valence electrons. The monoisotopic (exact) mass is 275 g/mol. The molecule has 2 N–H and O–H groups in total. The second-order valence-corrected chi connectivity index (χ2v) is 5.82. The molecule has 1 aliphatic heterocycles. The predicted molar refractivity (Wildman–Crippen MR) is 65.8 cm³/mol. The lowest BCUT2D eigenvalue weighted by atomic mass is 10.0. The Kier molecular flexibility index (Phi) is 4.42. The van der Waals surface area contributed by atoms with Gasteiger partial charge in [-0.05, 0) is 20.8 Å². The number of amides is 1. The van der Waals surface area contributed by atoms with E-state index in [1.165, 1.54) is 7.11 Å². The van der Waals surface area contributed by atoms with E-state index in [0.717, 1.165) is 4.90 Å². The number of rotatable bonds is 3. The van der Waals surface area contributed by atoms with E-state index in [1.54, 1.807) is 20.8 Å². The van der Waals surface area contributed by atoms with Gasteiger partial charge in [0.1, 0.15) is 17.2 Å². The van der Waals surface area contributed by atoms with E-state index in [-0.39, 0.29) is 19.6 Å². The zero-order valence-corrected chi connectivity index (χ0v) is 11.7. The Bertz CT molecular complexity index is 364. The molecule has 0 saturated carbocycles. The van der Waals surface area contributed by atoms with Gasteiger partial charge in [0.2, 0.25) is 0 Å². The number of hydrogen-bond acceptors (Lipinski definition) is 5. The summed E-state index contributed by atoms with van der Waals surface area (Å²) in [5.74, 6) is -1.17. The average Bonchev–Trinajstić information content (AvgIpc) is 2.54. The van der Waals surface area contributed by atoms with Crippen molar-refractivity contribution in [3.63, 3.8) is 0 Å². The third kappa shape index (κ3) is 4.07. The molecule has 0 aromatic carbocycles. The smallest absolute Gasteiger partial charge is 0.411 e. The van der Waals surface area contributed by atoms with Gasteiger partial charge in [-0.2, -0.15) is 0 Å². The van der Waals surface area contributed by atoms with Crippen LogP contribution in [-0.4, -0.2) is 64.7 Å². The number of carbonyl (C=O) groups is 2. The normalized spacial score (nSPS) is 27.4. The molecule has 1 amide bonds. The Hall–Kier alpha value is -1.34. The molecule has 1 heterocycles. The number of β-amino-alcohol motifs (C(OH)–C–C–N with tert-alkyl or cyclic N) is 1. The minimum Gasteiger partial charge on any atom is -0.480 e. The molecule has 0 unspecified atom stereocenters. The van der Waals surface area contributed by atoms with E-state index < -0.39 is 29.3 Å². The number of aliphatic hydroxyl groups is 1. The van der Waals surface area contributed by atoms with Crippen LogP contribution < -0.4 is 0 Å². The Labute approximate surface area is 112 Å². The fraction of sp³-hybridized carbons (Fsp3) is 0.833. The van der Waals surface area contributed by atoms with Crippen molar-refractivity contribution in [3.8, 4) is 0 Å².